The molecular weight excluding hydrogens is 1100 g/mol. The molecule has 0 bridgehead atoms. The van der Waals surface area contributed by atoms with Gasteiger partial charge in [-0.1, -0.05) is 322 Å². The number of rotatable bonds is 68. The minimum absolute atomic E-state index is 0.182. The molecular formula is C80H140NO8+. The first-order valence-corrected chi connectivity index (χ1v) is 37.1. The highest BCUT2D eigenvalue weighted by atomic mass is 16.7. The van der Waals surface area contributed by atoms with Crippen LogP contribution >= 0.6 is 0 Å². The third-order valence-corrected chi connectivity index (χ3v) is 16.0. The summed E-state index contributed by atoms with van der Waals surface area (Å²) in [7, 11) is 5.98. The summed E-state index contributed by atoms with van der Waals surface area (Å²) in [6, 6.07) is 0. The first-order chi connectivity index (χ1) is 43.6. The third-order valence-electron chi connectivity index (χ3n) is 16.0. The largest absolute Gasteiger partial charge is 0.477 e. The number of quaternary nitrogens is 1. The standard InChI is InChI=1S/C80H139NO8/c1-6-8-10-12-14-16-18-20-22-24-26-28-30-32-34-36-37-38-39-40-41-43-45-47-49-51-53-55-57-59-61-63-65-67-69-71-78(83)89-76(75-88-80(79(84)85)86-73-72-81(3,4)5)74-87-77(82)70-68-66-64-62-60-58-56-54-52-50-48-46-44-42-35-33-31-29-27-25-23-21-19-17-15-13-11-9-7-2/h8-11,14-17,20-23,26-29,32,34,76,80H,6-7,12-13,18-19,24-25,30-31,33,35-75H2,1-5H3/p+1/b10-8-,11-9-,16-14-,17-15-,22-20-,23-21-,28-26-,29-27-,34-32-. The number of unbranched alkanes of at least 4 members (excludes halogenated alkanes) is 35. The molecule has 0 radical (unpaired) electrons. The van der Waals surface area contributed by atoms with Crippen molar-refractivity contribution in [2.24, 2.45) is 0 Å². The average molecular weight is 1240 g/mol. The molecule has 2 atom stereocenters. The van der Waals surface area contributed by atoms with Gasteiger partial charge in [0, 0.05) is 12.8 Å². The number of likely N-dealkylation sites (N-methyl/N-ethyl adjacent to an activating group) is 1. The maximum atomic E-state index is 13.0. The van der Waals surface area contributed by atoms with E-state index in [1.54, 1.807) is 0 Å². The molecule has 512 valence electrons. The Morgan fingerprint density at radius 3 is 0.899 bits per heavy atom. The van der Waals surface area contributed by atoms with Crippen LogP contribution in [0.5, 0.6) is 0 Å². The zero-order valence-electron chi connectivity index (χ0n) is 58.6. The van der Waals surface area contributed by atoms with Crippen molar-refractivity contribution in [3.63, 3.8) is 0 Å². The van der Waals surface area contributed by atoms with Gasteiger partial charge >= 0.3 is 17.9 Å². The second-order valence-electron chi connectivity index (χ2n) is 25.8. The number of esters is 2. The number of aliphatic carboxylic acids is 1. The Balaban J connectivity index is 4.05. The summed E-state index contributed by atoms with van der Waals surface area (Å²) in [6.45, 7) is 4.69. The Bertz CT molecular complexity index is 1830. The lowest BCUT2D eigenvalue weighted by molar-refractivity contribution is -0.870. The molecule has 0 amide bonds. The van der Waals surface area contributed by atoms with Gasteiger partial charge in [-0.15, -0.1) is 0 Å². The normalized spacial score (nSPS) is 13.3. The number of nitrogens with zero attached hydrogens (tertiary/aromatic N) is 1. The van der Waals surface area contributed by atoms with Gasteiger partial charge in [0.15, 0.2) is 6.10 Å². The fourth-order valence-electron chi connectivity index (χ4n) is 10.4. The highest BCUT2D eigenvalue weighted by Crippen LogP contribution is 2.18. The molecule has 0 saturated carbocycles. The van der Waals surface area contributed by atoms with Crippen molar-refractivity contribution in [1.29, 1.82) is 0 Å². The van der Waals surface area contributed by atoms with E-state index >= 15 is 0 Å². The predicted octanol–water partition coefficient (Wildman–Crippen LogP) is 23.4. The van der Waals surface area contributed by atoms with Crippen LogP contribution in [-0.4, -0.2) is 87.4 Å². The van der Waals surface area contributed by atoms with Crippen LogP contribution in [0.2, 0.25) is 0 Å². The summed E-state index contributed by atoms with van der Waals surface area (Å²) in [5, 5.41) is 9.76. The fourth-order valence-corrected chi connectivity index (χ4v) is 10.4. The average Bonchev–Trinajstić information content (AvgIpc) is 3.64. The minimum atomic E-state index is -1.51. The Kier molecular flexibility index (Phi) is 66.7. The van der Waals surface area contributed by atoms with Crippen molar-refractivity contribution in [3.8, 4) is 0 Å². The van der Waals surface area contributed by atoms with Gasteiger partial charge in [-0.2, -0.15) is 0 Å². The Hall–Kier alpha value is -4.05. The quantitative estimate of drug-likeness (QED) is 0.0211. The van der Waals surface area contributed by atoms with E-state index in [2.05, 4.69) is 123 Å². The minimum Gasteiger partial charge on any atom is -0.477 e. The summed E-state index contributed by atoms with van der Waals surface area (Å²) in [5.41, 5.74) is 0. The monoisotopic (exact) mass is 1240 g/mol. The number of allylic oxidation sites excluding steroid dienone is 18. The molecule has 0 rings (SSSR count). The van der Waals surface area contributed by atoms with Crippen molar-refractivity contribution in [2.45, 2.75) is 334 Å². The molecule has 0 aromatic rings. The summed E-state index contributed by atoms with van der Waals surface area (Å²) >= 11 is 0. The van der Waals surface area contributed by atoms with Gasteiger partial charge in [-0.25, -0.2) is 4.79 Å². The van der Waals surface area contributed by atoms with E-state index in [-0.39, 0.29) is 32.2 Å². The first-order valence-electron chi connectivity index (χ1n) is 37.1. The van der Waals surface area contributed by atoms with E-state index in [4.69, 9.17) is 18.9 Å². The molecule has 0 saturated heterocycles. The Labute approximate surface area is 549 Å². The summed E-state index contributed by atoms with van der Waals surface area (Å²) in [4.78, 5) is 37.7. The lowest BCUT2D eigenvalue weighted by Gasteiger charge is -2.25. The SMILES string of the molecule is CC/C=C\C/C=C\C/C=C\C/C=C\C/C=C\CCCCCCCCCCCCCCCCCCCCCC(=O)OC(COC(=O)CCCCCCCCCCCCCCCCCC/C=C\C/C=C\C/C=C\C/C=C\CC)COC(OCC[N+](C)(C)C)C(=O)O. The van der Waals surface area contributed by atoms with Gasteiger partial charge in [-0.05, 0) is 96.3 Å². The van der Waals surface area contributed by atoms with E-state index in [0.29, 0.717) is 17.4 Å². The predicted molar refractivity (Wildman–Crippen MR) is 382 cm³/mol. The maximum Gasteiger partial charge on any atom is 0.361 e. The summed E-state index contributed by atoms with van der Waals surface area (Å²) in [5.74, 6) is -1.99. The zero-order chi connectivity index (χ0) is 64.7. The number of ether oxygens (including phenoxy) is 4. The van der Waals surface area contributed by atoms with Crippen molar-refractivity contribution < 1.29 is 42.9 Å². The van der Waals surface area contributed by atoms with E-state index in [9.17, 15) is 19.5 Å². The second-order valence-corrected chi connectivity index (χ2v) is 25.8. The number of carbonyl (C=O) groups excluding carboxylic acids is 2. The highest BCUT2D eigenvalue weighted by molar-refractivity contribution is 5.71. The molecule has 0 aliphatic heterocycles. The molecule has 0 aliphatic carbocycles. The number of hydrogen-bond acceptors (Lipinski definition) is 7. The molecule has 0 aromatic carbocycles. The van der Waals surface area contributed by atoms with Crippen LogP contribution < -0.4 is 0 Å². The topological polar surface area (TPSA) is 108 Å². The van der Waals surface area contributed by atoms with Crippen molar-refractivity contribution in [1.82, 2.24) is 0 Å². The molecule has 9 heteroatoms. The second kappa shape index (κ2) is 69.8. The zero-order valence-corrected chi connectivity index (χ0v) is 58.6. The van der Waals surface area contributed by atoms with Crippen LogP contribution in [0.25, 0.3) is 0 Å². The fraction of sp³-hybridized carbons (Fsp3) is 0.738. The number of carbonyl (C=O) groups is 3. The van der Waals surface area contributed by atoms with Crippen LogP contribution in [0, 0.1) is 0 Å². The van der Waals surface area contributed by atoms with Gasteiger partial charge < -0.3 is 28.5 Å². The van der Waals surface area contributed by atoms with Gasteiger partial charge in [0.25, 0.3) is 6.29 Å². The lowest BCUT2D eigenvalue weighted by atomic mass is 10.0. The molecule has 0 spiro atoms. The Morgan fingerprint density at radius 2 is 0.607 bits per heavy atom. The number of hydrogen-bond donors (Lipinski definition) is 1. The number of carboxylic acid groups (broad SMARTS) is 1. The van der Waals surface area contributed by atoms with Crippen LogP contribution in [0.4, 0.5) is 0 Å². The lowest BCUT2D eigenvalue weighted by Crippen LogP contribution is -2.40. The molecule has 2 unspecified atom stereocenters. The summed E-state index contributed by atoms with van der Waals surface area (Å²) in [6.07, 6.45) is 95.0. The maximum absolute atomic E-state index is 13.0. The third kappa shape index (κ3) is 71.3. The summed E-state index contributed by atoms with van der Waals surface area (Å²) < 4.78 is 23.0. The van der Waals surface area contributed by atoms with Crippen molar-refractivity contribution in [2.75, 3.05) is 47.5 Å². The molecule has 0 heterocycles. The van der Waals surface area contributed by atoms with E-state index in [0.717, 1.165) is 96.3 Å². The van der Waals surface area contributed by atoms with Crippen molar-refractivity contribution in [3.05, 3.63) is 109 Å². The van der Waals surface area contributed by atoms with Crippen molar-refractivity contribution >= 4 is 17.9 Å². The number of carboxylic acids is 1. The smallest absolute Gasteiger partial charge is 0.361 e. The molecule has 1 N–H and O–H groups in total. The molecule has 0 aliphatic rings. The molecule has 89 heavy (non-hydrogen) atoms. The van der Waals surface area contributed by atoms with E-state index in [1.165, 1.54) is 199 Å². The van der Waals surface area contributed by atoms with Crippen LogP contribution in [0.3, 0.4) is 0 Å². The molecule has 0 aromatic heterocycles. The van der Waals surface area contributed by atoms with Crippen LogP contribution in [0.15, 0.2) is 109 Å². The van der Waals surface area contributed by atoms with E-state index in [1.807, 2.05) is 21.1 Å². The van der Waals surface area contributed by atoms with Gasteiger partial charge in [0.2, 0.25) is 0 Å². The van der Waals surface area contributed by atoms with Crippen LogP contribution in [-0.2, 0) is 33.3 Å². The highest BCUT2D eigenvalue weighted by Gasteiger charge is 2.25. The van der Waals surface area contributed by atoms with Crippen LogP contribution in [0.1, 0.15) is 322 Å². The molecule has 9 nitrogen and oxygen atoms in total. The molecule has 0 fully saturated rings. The van der Waals surface area contributed by atoms with Gasteiger partial charge in [0.1, 0.15) is 13.2 Å². The Morgan fingerprint density at radius 1 is 0.337 bits per heavy atom. The van der Waals surface area contributed by atoms with Gasteiger partial charge in [0.05, 0.1) is 34.4 Å². The van der Waals surface area contributed by atoms with E-state index < -0.39 is 24.3 Å². The van der Waals surface area contributed by atoms with Gasteiger partial charge in [-0.3, -0.25) is 9.59 Å². The first kappa shape index (κ1) is 85.0.